The molecular formula is C72H140O17P2. The van der Waals surface area contributed by atoms with Crippen molar-refractivity contribution in [3.63, 3.8) is 0 Å². The topological polar surface area (TPSA) is 237 Å². The molecule has 17 nitrogen and oxygen atoms in total. The van der Waals surface area contributed by atoms with Crippen LogP contribution in [-0.4, -0.2) is 96.7 Å². The molecule has 0 aliphatic rings. The van der Waals surface area contributed by atoms with Crippen LogP contribution < -0.4 is 0 Å². The first-order chi connectivity index (χ1) is 43.8. The Morgan fingerprint density at radius 2 is 0.560 bits per heavy atom. The number of aliphatic hydroxyl groups excluding tert-OH is 1. The van der Waals surface area contributed by atoms with E-state index in [-0.39, 0.29) is 25.7 Å². The highest BCUT2D eigenvalue weighted by atomic mass is 31.2. The number of unbranched alkanes of at least 4 members (excludes halogenated alkanes) is 36. The first kappa shape index (κ1) is 89.1. The number of carbonyl (C=O) groups is 4. The van der Waals surface area contributed by atoms with Gasteiger partial charge in [-0.3, -0.25) is 37.3 Å². The molecule has 0 fully saturated rings. The summed E-state index contributed by atoms with van der Waals surface area (Å²) < 4.78 is 68.4. The number of esters is 4. The molecule has 0 aromatic rings. The Morgan fingerprint density at radius 3 is 0.835 bits per heavy atom. The molecule has 0 spiro atoms. The number of hydrogen-bond acceptors (Lipinski definition) is 15. The van der Waals surface area contributed by atoms with Crippen LogP contribution in [0, 0.1) is 17.8 Å². The molecule has 0 aliphatic carbocycles. The lowest BCUT2D eigenvalue weighted by molar-refractivity contribution is -0.161. The molecule has 0 radical (unpaired) electrons. The third-order valence-electron chi connectivity index (χ3n) is 17.4. The maximum Gasteiger partial charge on any atom is 0.472 e. The summed E-state index contributed by atoms with van der Waals surface area (Å²) in [5, 5.41) is 10.6. The lowest BCUT2D eigenvalue weighted by Crippen LogP contribution is -2.30. The highest BCUT2D eigenvalue weighted by Crippen LogP contribution is 2.45. The van der Waals surface area contributed by atoms with Gasteiger partial charge in [-0.05, 0) is 43.4 Å². The van der Waals surface area contributed by atoms with E-state index in [1.54, 1.807) is 0 Å². The fraction of sp³-hybridized carbons (Fsp3) is 0.944. The van der Waals surface area contributed by atoms with Crippen molar-refractivity contribution in [2.45, 2.75) is 381 Å². The van der Waals surface area contributed by atoms with Gasteiger partial charge in [0, 0.05) is 25.7 Å². The van der Waals surface area contributed by atoms with E-state index >= 15 is 0 Å². The van der Waals surface area contributed by atoms with Crippen molar-refractivity contribution in [3.8, 4) is 0 Å². The number of phosphoric acid groups is 2. The fourth-order valence-electron chi connectivity index (χ4n) is 10.8. The van der Waals surface area contributed by atoms with Gasteiger partial charge in [-0.1, -0.05) is 312 Å². The highest BCUT2D eigenvalue weighted by molar-refractivity contribution is 7.47. The largest absolute Gasteiger partial charge is 0.472 e. The van der Waals surface area contributed by atoms with Crippen LogP contribution in [0.4, 0.5) is 0 Å². The molecule has 3 N–H and O–H groups in total. The van der Waals surface area contributed by atoms with Gasteiger partial charge in [-0.15, -0.1) is 0 Å². The minimum Gasteiger partial charge on any atom is -0.462 e. The molecule has 0 heterocycles. The number of rotatable bonds is 70. The van der Waals surface area contributed by atoms with Gasteiger partial charge < -0.3 is 33.8 Å². The van der Waals surface area contributed by atoms with Crippen molar-refractivity contribution in [2.24, 2.45) is 17.8 Å². The molecule has 0 bridgehead atoms. The van der Waals surface area contributed by atoms with Crippen LogP contribution in [0.3, 0.4) is 0 Å². The second kappa shape index (κ2) is 62.8. The lowest BCUT2D eigenvalue weighted by Gasteiger charge is -2.21. The van der Waals surface area contributed by atoms with Gasteiger partial charge in [0.15, 0.2) is 12.2 Å². The molecule has 540 valence electrons. The molecule has 0 aromatic heterocycles. The molecule has 0 aromatic carbocycles. The quantitative estimate of drug-likeness (QED) is 0.0222. The lowest BCUT2D eigenvalue weighted by atomic mass is 9.99. The van der Waals surface area contributed by atoms with Crippen molar-refractivity contribution in [1.29, 1.82) is 0 Å². The zero-order valence-electron chi connectivity index (χ0n) is 59.3. The third kappa shape index (κ3) is 63.9. The number of hydrogen-bond donors (Lipinski definition) is 3. The van der Waals surface area contributed by atoms with Crippen molar-refractivity contribution in [1.82, 2.24) is 0 Å². The first-order valence-electron chi connectivity index (χ1n) is 37.4. The predicted octanol–water partition coefficient (Wildman–Crippen LogP) is 20.6. The minimum absolute atomic E-state index is 0.105. The average Bonchev–Trinajstić information content (AvgIpc) is 2.41. The van der Waals surface area contributed by atoms with Gasteiger partial charge in [0.1, 0.15) is 19.3 Å². The van der Waals surface area contributed by atoms with Gasteiger partial charge >= 0.3 is 39.5 Å². The number of aliphatic hydroxyl groups is 1. The predicted molar refractivity (Wildman–Crippen MR) is 368 cm³/mol. The molecule has 19 heteroatoms. The van der Waals surface area contributed by atoms with Gasteiger partial charge in [0.2, 0.25) is 0 Å². The summed E-state index contributed by atoms with van der Waals surface area (Å²) in [6.45, 7) is 11.9. The van der Waals surface area contributed by atoms with Crippen LogP contribution in [0.25, 0.3) is 0 Å². The van der Waals surface area contributed by atoms with E-state index in [0.717, 1.165) is 108 Å². The molecule has 0 rings (SSSR count). The summed E-state index contributed by atoms with van der Waals surface area (Å²) in [6, 6.07) is 0. The van der Waals surface area contributed by atoms with Gasteiger partial charge in [-0.25, -0.2) is 9.13 Å². The molecule has 0 saturated heterocycles. The maximum absolute atomic E-state index is 13.0. The van der Waals surface area contributed by atoms with E-state index in [9.17, 15) is 43.2 Å². The fourth-order valence-corrected chi connectivity index (χ4v) is 12.4. The van der Waals surface area contributed by atoms with Crippen molar-refractivity contribution in [2.75, 3.05) is 39.6 Å². The Kier molecular flexibility index (Phi) is 61.5. The maximum atomic E-state index is 13.0. The Morgan fingerprint density at radius 1 is 0.319 bits per heavy atom. The van der Waals surface area contributed by atoms with Crippen LogP contribution in [0.1, 0.15) is 363 Å². The summed E-state index contributed by atoms with van der Waals surface area (Å²) in [4.78, 5) is 72.6. The normalized spacial score (nSPS) is 14.8. The molecule has 4 unspecified atom stereocenters. The van der Waals surface area contributed by atoms with Crippen LogP contribution in [-0.2, 0) is 65.4 Å². The summed E-state index contributed by atoms with van der Waals surface area (Å²) >= 11 is 0. The SMILES string of the molecule is CCCCCCCCCCCC(=O)OC[C@H](COP(=O)(O)OC[C@H](O)COP(=O)(O)OC[C@@H](COC(=O)CCCCCCCCCCCCC(C)CC)OC(=O)CCCCCCCCCCCCCCCC(C)C)OC(=O)CCCCCCCCCCC(C)CC. The van der Waals surface area contributed by atoms with E-state index in [0.29, 0.717) is 25.7 Å². The molecule has 0 amide bonds. The smallest absolute Gasteiger partial charge is 0.462 e. The summed E-state index contributed by atoms with van der Waals surface area (Å²) in [6.07, 6.45) is 47.0. The number of phosphoric ester groups is 2. The van der Waals surface area contributed by atoms with Crippen molar-refractivity contribution < 1.29 is 80.2 Å². The summed E-state index contributed by atoms with van der Waals surface area (Å²) in [5.41, 5.74) is 0. The van der Waals surface area contributed by atoms with E-state index in [4.69, 9.17) is 37.0 Å². The Bertz CT molecular complexity index is 1790. The monoisotopic (exact) mass is 1340 g/mol. The zero-order chi connectivity index (χ0) is 67.3. The van der Waals surface area contributed by atoms with Gasteiger partial charge in [0.25, 0.3) is 0 Å². The van der Waals surface area contributed by atoms with E-state index in [2.05, 4.69) is 48.5 Å². The Hall–Kier alpha value is -1.94. The van der Waals surface area contributed by atoms with Crippen molar-refractivity contribution >= 4 is 39.5 Å². The minimum atomic E-state index is -4.95. The summed E-state index contributed by atoms with van der Waals surface area (Å²) in [7, 11) is -9.90. The van der Waals surface area contributed by atoms with Crippen LogP contribution in [0.5, 0.6) is 0 Å². The van der Waals surface area contributed by atoms with Crippen LogP contribution >= 0.6 is 15.6 Å². The second-order valence-electron chi connectivity index (χ2n) is 26.9. The van der Waals surface area contributed by atoms with E-state index in [1.807, 2.05) is 0 Å². The summed E-state index contributed by atoms with van der Waals surface area (Å²) in [5.74, 6) is 0.241. The highest BCUT2D eigenvalue weighted by Gasteiger charge is 2.30. The number of carbonyl (C=O) groups excluding carboxylic acids is 4. The molecule has 7 atom stereocenters. The average molecular weight is 1340 g/mol. The van der Waals surface area contributed by atoms with Gasteiger partial charge in [0.05, 0.1) is 26.4 Å². The van der Waals surface area contributed by atoms with Crippen molar-refractivity contribution in [3.05, 3.63) is 0 Å². The van der Waals surface area contributed by atoms with E-state index in [1.165, 1.54) is 173 Å². The molecule has 0 aliphatic heterocycles. The third-order valence-corrected chi connectivity index (χ3v) is 19.3. The first-order valence-corrected chi connectivity index (χ1v) is 40.4. The molecule has 91 heavy (non-hydrogen) atoms. The van der Waals surface area contributed by atoms with Gasteiger partial charge in [-0.2, -0.15) is 0 Å². The molecular weight excluding hydrogens is 1200 g/mol. The Labute approximate surface area is 556 Å². The Balaban J connectivity index is 5.25. The standard InChI is InChI=1S/C72H140O17P2/c1-8-11-12-13-14-22-32-39-46-53-69(74)82-59-68(89-72(77)56-49-42-35-28-27-31-38-45-52-65(7)10-3)62-87-91(80,81)85-58-66(73)57-84-90(78,79)86-61-67(60-83-70(75)54-47-40-33-25-21-20-24-30-37-44-51-64(6)9-2)88-71(76)55-48-41-34-26-19-17-15-16-18-23-29-36-43-50-63(4)5/h63-68,73H,8-62H2,1-7H3,(H,78,79)(H,80,81)/t64?,65?,66-,67-,68-/m1/s1. The van der Waals surface area contributed by atoms with E-state index < -0.39 is 97.5 Å². The molecule has 0 saturated carbocycles. The van der Waals surface area contributed by atoms with Crippen LogP contribution in [0.15, 0.2) is 0 Å². The number of ether oxygens (including phenoxy) is 4. The zero-order valence-corrected chi connectivity index (χ0v) is 61.1. The van der Waals surface area contributed by atoms with Crippen LogP contribution in [0.2, 0.25) is 0 Å². The second-order valence-corrected chi connectivity index (χ2v) is 29.8.